The van der Waals surface area contributed by atoms with Crippen LogP contribution in [0, 0.1) is 5.82 Å². The number of carbonyl (C=O) groups excluding carboxylic acids is 1. The predicted molar refractivity (Wildman–Crippen MR) is 94.0 cm³/mol. The van der Waals surface area contributed by atoms with Gasteiger partial charge in [0, 0.05) is 6.54 Å². The fourth-order valence-corrected chi connectivity index (χ4v) is 3.08. The second kappa shape index (κ2) is 6.24. The number of halogens is 1. The lowest BCUT2D eigenvalue weighted by Crippen LogP contribution is -2.45. The molecule has 9 heteroatoms. The van der Waals surface area contributed by atoms with Crippen LogP contribution in [0.25, 0.3) is 0 Å². The highest BCUT2D eigenvalue weighted by Gasteiger charge is 2.52. The normalized spacial score (nSPS) is 23.8. The molecule has 7 nitrogen and oxygen atoms in total. The van der Waals surface area contributed by atoms with Gasteiger partial charge in [-0.3, -0.25) is 9.69 Å². The maximum Gasteiger partial charge on any atom is 0.494 e. The SMILES string of the molecule is CC1(C)OB(c2ccc(N(C(=O)O)[C@H]3CCNC3=O)c(F)c2)OC1(C)C. The van der Waals surface area contributed by atoms with Gasteiger partial charge in [0.05, 0.1) is 16.9 Å². The van der Waals surface area contributed by atoms with Crippen LogP contribution in [0.1, 0.15) is 34.1 Å². The average Bonchev–Trinajstić information content (AvgIpc) is 3.02. The van der Waals surface area contributed by atoms with Gasteiger partial charge in [0.15, 0.2) is 0 Å². The average molecular weight is 364 g/mol. The number of carbonyl (C=O) groups is 2. The van der Waals surface area contributed by atoms with Crippen LogP contribution in [0.4, 0.5) is 14.9 Å². The molecule has 2 fully saturated rings. The Balaban J connectivity index is 1.90. The third-order valence-electron chi connectivity index (χ3n) is 5.29. The van der Waals surface area contributed by atoms with Crippen LogP contribution in [-0.4, -0.2) is 48.0 Å². The Hall–Kier alpha value is -2.13. The van der Waals surface area contributed by atoms with Gasteiger partial charge in [-0.15, -0.1) is 0 Å². The number of anilines is 1. The lowest BCUT2D eigenvalue weighted by molar-refractivity contribution is -0.120. The van der Waals surface area contributed by atoms with Gasteiger partial charge >= 0.3 is 13.2 Å². The summed E-state index contributed by atoms with van der Waals surface area (Å²) in [6.45, 7) is 7.93. The standard InChI is InChI=1S/C17H22BFN2O5/c1-16(2)17(3,4)26-18(25-16)10-5-6-12(11(19)9-10)21(15(23)24)13-7-8-20-14(13)22/h5-6,9,13H,7-8H2,1-4H3,(H,20,22)(H,23,24)/t13-/m0/s1. The van der Waals surface area contributed by atoms with E-state index in [9.17, 15) is 19.1 Å². The van der Waals surface area contributed by atoms with E-state index in [-0.39, 0.29) is 5.69 Å². The monoisotopic (exact) mass is 364 g/mol. The molecule has 0 aromatic heterocycles. The number of nitrogens with one attached hydrogen (secondary N) is 1. The van der Waals surface area contributed by atoms with E-state index < -0.39 is 42.2 Å². The summed E-state index contributed by atoms with van der Waals surface area (Å²) >= 11 is 0. The van der Waals surface area contributed by atoms with E-state index in [1.54, 1.807) is 6.07 Å². The Morgan fingerprint density at radius 1 is 1.31 bits per heavy atom. The third-order valence-corrected chi connectivity index (χ3v) is 5.29. The maximum atomic E-state index is 14.7. The van der Waals surface area contributed by atoms with Gasteiger partial charge in [0.2, 0.25) is 5.91 Å². The van der Waals surface area contributed by atoms with Crippen LogP contribution < -0.4 is 15.7 Å². The highest BCUT2D eigenvalue weighted by Crippen LogP contribution is 2.36. The van der Waals surface area contributed by atoms with E-state index in [4.69, 9.17) is 9.31 Å². The third kappa shape index (κ3) is 3.05. The molecule has 0 bridgehead atoms. The molecule has 2 aliphatic rings. The van der Waals surface area contributed by atoms with E-state index >= 15 is 0 Å². The molecule has 26 heavy (non-hydrogen) atoms. The van der Waals surface area contributed by atoms with Gasteiger partial charge in [-0.1, -0.05) is 6.07 Å². The molecule has 1 atom stereocenters. The van der Waals surface area contributed by atoms with E-state index in [1.807, 2.05) is 27.7 Å². The van der Waals surface area contributed by atoms with Crippen LogP contribution in [0.15, 0.2) is 18.2 Å². The molecule has 0 spiro atoms. The lowest BCUT2D eigenvalue weighted by atomic mass is 9.79. The van der Waals surface area contributed by atoms with Crippen LogP contribution in [0.2, 0.25) is 0 Å². The van der Waals surface area contributed by atoms with Crippen molar-refractivity contribution in [2.45, 2.75) is 51.4 Å². The minimum absolute atomic E-state index is 0.167. The van der Waals surface area contributed by atoms with Gasteiger partial charge in [0.1, 0.15) is 11.9 Å². The minimum Gasteiger partial charge on any atom is -0.465 e. The predicted octanol–water partition coefficient (Wildman–Crippen LogP) is 1.50. The summed E-state index contributed by atoms with van der Waals surface area (Å²) in [6.07, 6.45) is -1.09. The fourth-order valence-electron chi connectivity index (χ4n) is 3.08. The number of hydrogen-bond acceptors (Lipinski definition) is 4. The van der Waals surface area contributed by atoms with Crippen molar-refractivity contribution in [3.05, 3.63) is 24.0 Å². The minimum atomic E-state index is -1.38. The molecule has 0 saturated carbocycles. The molecule has 2 heterocycles. The second-order valence-electron chi connectivity index (χ2n) is 7.55. The van der Waals surface area contributed by atoms with E-state index in [0.29, 0.717) is 18.4 Å². The summed E-state index contributed by atoms with van der Waals surface area (Å²) in [5, 5.41) is 12.0. The number of hydrogen-bond donors (Lipinski definition) is 2. The zero-order valence-corrected chi connectivity index (χ0v) is 15.2. The second-order valence-corrected chi connectivity index (χ2v) is 7.55. The largest absolute Gasteiger partial charge is 0.494 e. The van der Waals surface area contributed by atoms with Crippen molar-refractivity contribution in [3.63, 3.8) is 0 Å². The molecule has 140 valence electrons. The first-order chi connectivity index (χ1) is 12.0. The summed E-state index contributed by atoms with van der Waals surface area (Å²) < 4.78 is 26.5. The summed E-state index contributed by atoms with van der Waals surface area (Å²) in [6, 6.07) is 3.16. The number of carboxylic acid groups (broad SMARTS) is 1. The highest BCUT2D eigenvalue weighted by atomic mass is 19.1. The number of benzene rings is 1. The Morgan fingerprint density at radius 3 is 2.38 bits per heavy atom. The molecular formula is C17H22BFN2O5. The van der Waals surface area contributed by atoms with Crippen molar-refractivity contribution in [3.8, 4) is 0 Å². The molecule has 0 aliphatic carbocycles. The topological polar surface area (TPSA) is 88.1 Å². The van der Waals surface area contributed by atoms with E-state index in [0.717, 1.165) is 4.90 Å². The van der Waals surface area contributed by atoms with Crippen molar-refractivity contribution in [1.29, 1.82) is 0 Å². The molecule has 1 aromatic rings. The Bertz CT molecular complexity index is 739. The number of rotatable bonds is 3. The smallest absolute Gasteiger partial charge is 0.465 e. The Kier molecular flexibility index (Phi) is 4.48. The van der Waals surface area contributed by atoms with Crippen LogP contribution >= 0.6 is 0 Å². The zero-order valence-electron chi connectivity index (χ0n) is 15.2. The van der Waals surface area contributed by atoms with Gasteiger partial charge in [0.25, 0.3) is 0 Å². The summed E-state index contributed by atoms with van der Waals surface area (Å²) in [7, 11) is -0.753. The molecule has 2 amide bonds. The van der Waals surface area contributed by atoms with Gasteiger partial charge < -0.3 is 19.7 Å². The first-order valence-electron chi connectivity index (χ1n) is 8.48. The molecule has 2 aliphatic heterocycles. The number of nitrogens with zero attached hydrogens (tertiary/aromatic N) is 1. The van der Waals surface area contributed by atoms with Crippen LogP contribution in [0.5, 0.6) is 0 Å². The molecule has 1 aromatic carbocycles. The molecule has 2 N–H and O–H groups in total. The quantitative estimate of drug-likeness (QED) is 0.794. The van der Waals surface area contributed by atoms with Crippen molar-refractivity contribution >= 4 is 30.3 Å². The summed E-state index contributed by atoms with van der Waals surface area (Å²) in [5.41, 5.74) is -0.852. The summed E-state index contributed by atoms with van der Waals surface area (Å²) in [4.78, 5) is 24.2. The van der Waals surface area contributed by atoms with Gasteiger partial charge in [-0.05, 0) is 51.7 Å². The highest BCUT2D eigenvalue weighted by molar-refractivity contribution is 6.62. The maximum absolute atomic E-state index is 14.7. The molecule has 0 unspecified atom stereocenters. The lowest BCUT2D eigenvalue weighted by Gasteiger charge is -2.32. The van der Waals surface area contributed by atoms with E-state index in [2.05, 4.69) is 5.32 Å². The van der Waals surface area contributed by atoms with Gasteiger partial charge in [-0.2, -0.15) is 0 Å². The Labute approximate surface area is 151 Å². The van der Waals surface area contributed by atoms with E-state index in [1.165, 1.54) is 12.1 Å². The molecule has 0 radical (unpaired) electrons. The van der Waals surface area contributed by atoms with Crippen LogP contribution in [-0.2, 0) is 14.1 Å². The van der Waals surface area contributed by atoms with Crippen molar-refractivity contribution in [2.75, 3.05) is 11.4 Å². The fraction of sp³-hybridized carbons (Fsp3) is 0.529. The van der Waals surface area contributed by atoms with Gasteiger partial charge in [-0.25, -0.2) is 9.18 Å². The molecule has 2 saturated heterocycles. The van der Waals surface area contributed by atoms with Crippen molar-refractivity contribution in [1.82, 2.24) is 5.32 Å². The van der Waals surface area contributed by atoms with Crippen LogP contribution in [0.3, 0.4) is 0 Å². The number of amides is 2. The van der Waals surface area contributed by atoms with Crippen molar-refractivity contribution in [2.24, 2.45) is 0 Å². The zero-order chi connectivity index (χ0) is 19.3. The summed E-state index contributed by atoms with van der Waals surface area (Å²) in [5.74, 6) is -1.18. The first-order valence-corrected chi connectivity index (χ1v) is 8.48. The Morgan fingerprint density at radius 2 is 1.92 bits per heavy atom. The van der Waals surface area contributed by atoms with Crippen molar-refractivity contribution < 1.29 is 28.4 Å². The first kappa shape index (κ1) is 18.7. The molecule has 3 rings (SSSR count). The molecular weight excluding hydrogens is 342 g/mol.